The molecule has 2 heterocycles. The minimum atomic E-state index is -0.395. The molecule has 1 amide bonds. The van der Waals surface area contributed by atoms with E-state index in [4.69, 9.17) is 9.26 Å². The number of rotatable bonds is 6. The molecular weight excluding hydrogens is 351 g/mol. The van der Waals surface area contributed by atoms with Gasteiger partial charge in [-0.2, -0.15) is 5.10 Å². The Morgan fingerprint density at radius 3 is 2.85 bits per heavy atom. The van der Waals surface area contributed by atoms with Crippen LogP contribution in [0.5, 0.6) is 5.75 Å². The fourth-order valence-corrected chi connectivity index (χ4v) is 2.74. The van der Waals surface area contributed by atoms with E-state index in [0.29, 0.717) is 17.1 Å². The number of hydrogen-bond acceptors (Lipinski definition) is 5. The van der Waals surface area contributed by atoms with Crippen LogP contribution in [0.3, 0.4) is 0 Å². The maximum atomic E-state index is 13.3. The van der Waals surface area contributed by atoms with Crippen LogP contribution in [-0.2, 0) is 13.7 Å². The van der Waals surface area contributed by atoms with E-state index in [1.54, 1.807) is 29.9 Å². The van der Waals surface area contributed by atoms with Gasteiger partial charge in [0.25, 0.3) is 5.91 Å². The number of amides is 1. The van der Waals surface area contributed by atoms with Gasteiger partial charge in [0.15, 0.2) is 5.69 Å². The van der Waals surface area contributed by atoms with Gasteiger partial charge in [-0.15, -0.1) is 0 Å². The summed E-state index contributed by atoms with van der Waals surface area (Å²) < 4.78 is 25.8. The highest BCUT2D eigenvalue weighted by Gasteiger charge is 2.23. The van der Waals surface area contributed by atoms with E-state index in [1.807, 2.05) is 20.9 Å². The van der Waals surface area contributed by atoms with Crippen molar-refractivity contribution in [1.82, 2.24) is 20.3 Å². The van der Waals surface area contributed by atoms with Crippen LogP contribution in [-0.4, -0.2) is 20.8 Å². The van der Waals surface area contributed by atoms with E-state index in [2.05, 4.69) is 15.6 Å². The molecule has 27 heavy (non-hydrogen) atoms. The molecular formula is C19H21FN4O3. The Bertz CT molecular complexity index is 964. The minimum Gasteiger partial charge on any atom is -0.489 e. The van der Waals surface area contributed by atoms with Crippen LogP contribution < -0.4 is 10.1 Å². The number of nitrogens with one attached hydrogen (secondary N) is 1. The molecule has 1 aromatic carbocycles. The van der Waals surface area contributed by atoms with Gasteiger partial charge in [-0.3, -0.25) is 9.48 Å². The van der Waals surface area contributed by atoms with Crippen molar-refractivity contribution < 1.29 is 18.4 Å². The highest BCUT2D eigenvalue weighted by Crippen LogP contribution is 2.21. The number of carbonyl (C=O) groups is 1. The number of carbonyl (C=O) groups excluding carboxylic acids is 1. The van der Waals surface area contributed by atoms with Gasteiger partial charge in [-0.1, -0.05) is 11.2 Å². The van der Waals surface area contributed by atoms with Gasteiger partial charge < -0.3 is 14.6 Å². The summed E-state index contributed by atoms with van der Waals surface area (Å²) in [7, 11) is 1.84. The van der Waals surface area contributed by atoms with Crippen molar-refractivity contribution in [2.24, 2.45) is 7.05 Å². The number of hydrogen-bond donors (Lipinski definition) is 1. The van der Waals surface area contributed by atoms with Crippen LogP contribution in [0.4, 0.5) is 4.39 Å². The molecule has 1 N–H and O–H groups in total. The van der Waals surface area contributed by atoms with Crippen LogP contribution >= 0.6 is 0 Å². The number of ether oxygens (including phenoxy) is 1. The first-order chi connectivity index (χ1) is 12.9. The smallest absolute Gasteiger partial charge is 0.274 e. The van der Waals surface area contributed by atoms with E-state index in [-0.39, 0.29) is 24.2 Å². The van der Waals surface area contributed by atoms with E-state index in [9.17, 15) is 9.18 Å². The predicted octanol–water partition coefficient (Wildman–Crippen LogP) is 3.23. The fourth-order valence-electron chi connectivity index (χ4n) is 2.74. The molecule has 0 saturated carbocycles. The second-order valence-corrected chi connectivity index (χ2v) is 6.32. The molecule has 0 bridgehead atoms. The van der Waals surface area contributed by atoms with Crippen LogP contribution in [0, 0.1) is 19.7 Å². The lowest BCUT2D eigenvalue weighted by Gasteiger charge is -2.13. The number of aromatic nitrogens is 3. The van der Waals surface area contributed by atoms with E-state index >= 15 is 0 Å². The van der Waals surface area contributed by atoms with Crippen molar-refractivity contribution in [3.8, 4) is 5.75 Å². The number of nitrogens with zero attached hydrogens (tertiary/aromatic N) is 3. The summed E-state index contributed by atoms with van der Waals surface area (Å²) in [6.07, 6.45) is 1.72. The standard InChI is InChI=1S/C19H21FN4O3/c1-11(16-9-21-24(4)12(16)2)22-19(25)18-17(13(3)27-23-18)10-26-15-7-5-6-14(20)8-15/h5-9,11H,10H2,1-4H3,(H,22,25). The summed E-state index contributed by atoms with van der Waals surface area (Å²) in [5.41, 5.74) is 2.56. The molecule has 2 aromatic heterocycles. The van der Waals surface area contributed by atoms with Crippen molar-refractivity contribution in [1.29, 1.82) is 0 Å². The molecule has 0 radical (unpaired) electrons. The second-order valence-electron chi connectivity index (χ2n) is 6.32. The lowest BCUT2D eigenvalue weighted by Crippen LogP contribution is -2.28. The molecule has 0 spiro atoms. The van der Waals surface area contributed by atoms with Crippen LogP contribution in [0.2, 0.25) is 0 Å². The monoisotopic (exact) mass is 372 g/mol. The summed E-state index contributed by atoms with van der Waals surface area (Å²) >= 11 is 0. The molecule has 8 heteroatoms. The summed E-state index contributed by atoms with van der Waals surface area (Å²) in [5.74, 6) is 0.0664. The first kappa shape index (κ1) is 18.6. The SMILES string of the molecule is Cc1onc(C(=O)NC(C)c2cnn(C)c2C)c1COc1cccc(F)c1. The van der Waals surface area contributed by atoms with Crippen LogP contribution in [0.1, 0.15) is 46.0 Å². The van der Waals surface area contributed by atoms with Crippen molar-refractivity contribution in [3.05, 3.63) is 64.6 Å². The number of halogens is 1. The number of benzene rings is 1. The third-order valence-electron chi connectivity index (χ3n) is 4.47. The Kier molecular flexibility index (Phi) is 5.25. The minimum absolute atomic E-state index is 0.0435. The molecule has 142 valence electrons. The van der Waals surface area contributed by atoms with Crippen LogP contribution in [0.25, 0.3) is 0 Å². The molecule has 0 aliphatic carbocycles. The molecule has 0 saturated heterocycles. The third kappa shape index (κ3) is 3.99. The summed E-state index contributed by atoms with van der Waals surface area (Å²) in [6.45, 7) is 5.55. The second kappa shape index (κ2) is 7.61. The van der Waals surface area contributed by atoms with Gasteiger partial charge in [0.2, 0.25) is 0 Å². The summed E-state index contributed by atoms with van der Waals surface area (Å²) in [4.78, 5) is 12.7. The largest absolute Gasteiger partial charge is 0.489 e. The lowest BCUT2D eigenvalue weighted by atomic mass is 10.1. The average Bonchev–Trinajstić information content (AvgIpc) is 3.16. The number of aryl methyl sites for hydroxylation is 2. The van der Waals surface area contributed by atoms with E-state index in [0.717, 1.165) is 11.3 Å². The van der Waals surface area contributed by atoms with Crippen LogP contribution in [0.15, 0.2) is 35.0 Å². The Morgan fingerprint density at radius 2 is 2.19 bits per heavy atom. The van der Waals surface area contributed by atoms with Gasteiger partial charge >= 0.3 is 0 Å². The summed E-state index contributed by atoms with van der Waals surface area (Å²) in [6, 6.07) is 5.55. The Morgan fingerprint density at radius 1 is 1.41 bits per heavy atom. The maximum absolute atomic E-state index is 13.3. The molecule has 1 unspecified atom stereocenters. The van der Waals surface area contributed by atoms with Gasteiger partial charge in [-0.05, 0) is 32.9 Å². The van der Waals surface area contributed by atoms with E-state index in [1.165, 1.54) is 12.1 Å². The first-order valence-electron chi connectivity index (χ1n) is 8.49. The molecule has 0 fully saturated rings. The van der Waals surface area contributed by atoms with Crippen molar-refractivity contribution in [3.63, 3.8) is 0 Å². The Hall–Kier alpha value is -3.16. The predicted molar refractivity (Wildman–Crippen MR) is 95.8 cm³/mol. The van der Waals surface area contributed by atoms with Crippen molar-refractivity contribution >= 4 is 5.91 Å². The fraction of sp³-hybridized carbons (Fsp3) is 0.316. The molecule has 3 aromatic rings. The Balaban J connectivity index is 1.73. The highest BCUT2D eigenvalue weighted by atomic mass is 19.1. The summed E-state index contributed by atoms with van der Waals surface area (Å²) in [5, 5.41) is 10.9. The molecule has 0 aliphatic heterocycles. The normalized spacial score (nSPS) is 12.0. The van der Waals surface area contributed by atoms with Gasteiger partial charge in [-0.25, -0.2) is 4.39 Å². The maximum Gasteiger partial charge on any atom is 0.274 e. The first-order valence-corrected chi connectivity index (χ1v) is 8.49. The quantitative estimate of drug-likeness (QED) is 0.718. The van der Waals surface area contributed by atoms with Crippen molar-refractivity contribution in [2.45, 2.75) is 33.4 Å². The molecule has 1 atom stereocenters. The zero-order valence-electron chi connectivity index (χ0n) is 15.6. The Labute approximate surface area is 156 Å². The topological polar surface area (TPSA) is 82.2 Å². The molecule has 3 rings (SSSR count). The van der Waals surface area contributed by atoms with E-state index < -0.39 is 5.82 Å². The zero-order valence-corrected chi connectivity index (χ0v) is 15.6. The van der Waals surface area contributed by atoms with Crippen molar-refractivity contribution in [2.75, 3.05) is 0 Å². The van der Waals surface area contributed by atoms with Gasteiger partial charge in [0, 0.05) is 24.4 Å². The van der Waals surface area contributed by atoms with Gasteiger partial charge in [0.1, 0.15) is 23.9 Å². The zero-order chi connectivity index (χ0) is 19.6. The highest BCUT2D eigenvalue weighted by molar-refractivity contribution is 5.94. The lowest BCUT2D eigenvalue weighted by molar-refractivity contribution is 0.0928. The average molecular weight is 372 g/mol. The van der Waals surface area contributed by atoms with Gasteiger partial charge in [0.05, 0.1) is 17.8 Å². The molecule has 7 nitrogen and oxygen atoms in total. The molecule has 0 aliphatic rings. The third-order valence-corrected chi connectivity index (χ3v) is 4.47.